The van der Waals surface area contributed by atoms with Gasteiger partial charge in [0.25, 0.3) is 0 Å². The zero-order valence-corrected chi connectivity index (χ0v) is 33.8. The second-order valence-electron chi connectivity index (χ2n) is 15.0. The number of hydrogen-bond donors (Lipinski definition) is 18. The summed E-state index contributed by atoms with van der Waals surface area (Å²) in [5.41, 5.74) is 0. The second-order valence-corrected chi connectivity index (χ2v) is 16.0. The largest absolute Gasteiger partial charge is 0.397 e. The van der Waals surface area contributed by atoms with E-state index in [2.05, 4.69) is 9.50 Å². The fourth-order valence-electron chi connectivity index (χ4n) is 7.16. The molecule has 30 nitrogen and oxygen atoms in total. The monoisotopic (exact) mass is 951 g/mol. The summed E-state index contributed by atoms with van der Waals surface area (Å²) in [7, 11) is -5.42. The summed E-state index contributed by atoms with van der Waals surface area (Å²) in [6, 6.07) is -1.68. The molecule has 31 heteroatoms. The summed E-state index contributed by atoms with van der Waals surface area (Å²) in [5, 5.41) is 169. The Hall–Kier alpha value is -1.62. The van der Waals surface area contributed by atoms with Gasteiger partial charge in [0.1, 0.15) is 122 Å². The van der Waals surface area contributed by atoms with E-state index in [1.165, 1.54) is 0 Å². The topological polar surface area (TPSA) is 490 Å². The molecule has 0 aromatic heterocycles. The molecule has 4 saturated heterocycles. The minimum atomic E-state index is -5.42. The van der Waals surface area contributed by atoms with E-state index in [9.17, 15) is 99.5 Å². The van der Waals surface area contributed by atoms with Gasteiger partial charge >= 0.3 is 10.4 Å². The SMILES string of the molecule is CC(=O)N[C@H]1[C@H](OC[C@H]2O[C@@H](O[C@@H]([C@H](O)[C@@H](O)CO)[C@H](O)CO)[C@H](O)[C@@H](O[C@@H]3O[C@H](CO)[C@H](O)[C@H](OS(=O)(=O)O)[C@H]3O)[C@H]2O)O[C@H](CO)[C@@H](O[C@@H]2O[C@H](CO)[C@H](O)[C@H](O)[C@H]2O)[C@@H]1O. The molecule has 0 aliphatic carbocycles. The summed E-state index contributed by atoms with van der Waals surface area (Å²) in [6.07, 6.45) is -46.6. The first-order valence-corrected chi connectivity index (χ1v) is 20.6. The van der Waals surface area contributed by atoms with Gasteiger partial charge < -0.3 is 125 Å². The molecule has 24 atom stereocenters. The molecule has 4 heterocycles. The van der Waals surface area contributed by atoms with Gasteiger partial charge in [-0.25, -0.2) is 4.18 Å². The third-order valence-corrected chi connectivity index (χ3v) is 11.0. The predicted molar refractivity (Wildman–Crippen MR) is 191 cm³/mol. The van der Waals surface area contributed by atoms with E-state index in [1.807, 2.05) is 0 Å². The van der Waals surface area contributed by atoms with Crippen LogP contribution in [0.15, 0.2) is 0 Å². The highest BCUT2D eigenvalue weighted by molar-refractivity contribution is 7.80. The summed E-state index contributed by atoms with van der Waals surface area (Å²) in [4.78, 5) is 12.3. The maximum Gasteiger partial charge on any atom is 0.397 e. The summed E-state index contributed by atoms with van der Waals surface area (Å²) in [5.74, 6) is -0.824. The zero-order chi connectivity index (χ0) is 47.2. The first-order valence-electron chi connectivity index (χ1n) is 19.2. The number of carbonyl (C=O) groups is 1. The third kappa shape index (κ3) is 12.9. The Labute approximate surface area is 356 Å². The van der Waals surface area contributed by atoms with Crippen LogP contribution in [-0.2, 0) is 57.3 Å². The fourth-order valence-corrected chi connectivity index (χ4v) is 7.67. The molecule has 4 aliphatic rings. The molecule has 0 spiro atoms. The van der Waals surface area contributed by atoms with Crippen molar-refractivity contribution in [3.63, 3.8) is 0 Å². The van der Waals surface area contributed by atoms with Gasteiger partial charge in [-0.15, -0.1) is 0 Å². The van der Waals surface area contributed by atoms with E-state index >= 15 is 0 Å². The first-order chi connectivity index (χ1) is 29.5. The summed E-state index contributed by atoms with van der Waals surface area (Å²) in [6.45, 7) is -5.21. The Morgan fingerprint density at radius 2 is 1.08 bits per heavy atom. The average molecular weight is 952 g/mol. The molecule has 0 unspecified atom stereocenters. The lowest BCUT2D eigenvalue weighted by Crippen LogP contribution is -2.68. The van der Waals surface area contributed by atoms with Crippen LogP contribution in [0.4, 0.5) is 0 Å². The molecule has 4 fully saturated rings. The van der Waals surface area contributed by atoms with E-state index in [4.69, 9.17) is 37.9 Å². The molecule has 0 saturated carbocycles. The van der Waals surface area contributed by atoms with Gasteiger partial charge in [-0.3, -0.25) is 9.35 Å². The van der Waals surface area contributed by atoms with Crippen LogP contribution in [0.3, 0.4) is 0 Å². The number of nitrogens with one attached hydrogen (secondary N) is 1. The summed E-state index contributed by atoms with van der Waals surface area (Å²) >= 11 is 0. The van der Waals surface area contributed by atoms with Crippen LogP contribution < -0.4 is 5.32 Å². The highest BCUT2D eigenvalue weighted by Crippen LogP contribution is 2.34. The normalized spacial score (nSPS) is 43.5. The van der Waals surface area contributed by atoms with Gasteiger partial charge in [0.2, 0.25) is 5.91 Å². The standard InChI is InChI=1S/C32H57NO29S/c1-8(39)33-15-20(46)26(60-30-22(48)21(47)17(43)11(4-36)55-30)13(6-38)57-29(15)54-7-14-19(45)27(23(49)31(58-14)59-25(10(41)3-35)16(42)9(40)2-34)61-32-24(50)28(62-63(51,52)53)18(44)12(5-37)56-32/h9-32,34-38,40-50H,2-7H2,1H3,(H,33,39)(H,51,52,53)/t9-,10+,11+,12+,13+,14+,15+,16+,17-,18-,19-,20+,21-,22+,23+,24+,25+,26+,27-,28-,29+,30-,31-,32-/m0/s1. The lowest BCUT2D eigenvalue weighted by molar-refractivity contribution is -0.374. The molecule has 4 rings (SSSR count). The number of rotatable bonds is 20. The van der Waals surface area contributed by atoms with E-state index in [0.717, 1.165) is 6.92 Å². The van der Waals surface area contributed by atoms with Crippen LogP contribution in [0.25, 0.3) is 0 Å². The molecule has 4 aliphatic heterocycles. The third-order valence-electron chi connectivity index (χ3n) is 10.6. The Kier molecular flexibility index (Phi) is 20.1. The quantitative estimate of drug-likeness (QED) is 0.0504. The minimum Gasteiger partial charge on any atom is -0.394 e. The van der Waals surface area contributed by atoms with Gasteiger partial charge in [0, 0.05) is 6.92 Å². The molecule has 1 amide bonds. The van der Waals surface area contributed by atoms with Crippen LogP contribution in [-0.4, -0.2) is 287 Å². The number of aliphatic hydroxyl groups excluding tert-OH is 16. The lowest BCUT2D eigenvalue weighted by Gasteiger charge is -2.48. The number of amides is 1. The second kappa shape index (κ2) is 23.4. The molecule has 63 heavy (non-hydrogen) atoms. The highest BCUT2D eigenvalue weighted by Gasteiger charge is 2.55. The van der Waals surface area contributed by atoms with Crippen molar-refractivity contribution in [3.8, 4) is 0 Å². The first kappa shape index (κ1) is 54.0. The molecule has 0 bridgehead atoms. The van der Waals surface area contributed by atoms with Crippen molar-refractivity contribution in [1.29, 1.82) is 0 Å². The summed E-state index contributed by atoms with van der Waals surface area (Å²) < 4.78 is 81.2. The molecule has 0 aromatic rings. The number of aliphatic hydroxyl groups is 16. The van der Waals surface area contributed by atoms with Gasteiger partial charge in [0.05, 0.1) is 39.6 Å². The van der Waals surface area contributed by atoms with Crippen LogP contribution >= 0.6 is 0 Å². The van der Waals surface area contributed by atoms with Crippen LogP contribution in [0, 0.1) is 0 Å². The molecule has 370 valence electrons. The van der Waals surface area contributed by atoms with E-state index in [-0.39, 0.29) is 0 Å². The van der Waals surface area contributed by atoms with Crippen molar-refractivity contribution >= 4 is 16.3 Å². The number of ether oxygens (including phenoxy) is 8. The van der Waals surface area contributed by atoms with Crippen LogP contribution in [0.5, 0.6) is 0 Å². The predicted octanol–water partition coefficient (Wildman–Crippen LogP) is -12.3. The van der Waals surface area contributed by atoms with Crippen molar-refractivity contribution in [2.75, 3.05) is 39.6 Å². The lowest BCUT2D eigenvalue weighted by atomic mass is 9.95. The number of carbonyl (C=O) groups excluding carboxylic acids is 1. The molecular weight excluding hydrogens is 894 g/mol. The fraction of sp³-hybridized carbons (Fsp3) is 0.969. The van der Waals surface area contributed by atoms with E-state index < -0.39 is 203 Å². The molecular formula is C32H57NO29S. The Balaban J connectivity index is 1.65. The molecule has 0 radical (unpaired) electrons. The molecule has 18 N–H and O–H groups in total. The van der Waals surface area contributed by atoms with Crippen LogP contribution in [0.1, 0.15) is 6.92 Å². The maximum absolute atomic E-state index is 12.3. The van der Waals surface area contributed by atoms with Crippen molar-refractivity contribution in [1.82, 2.24) is 5.32 Å². The Morgan fingerprint density at radius 1 is 0.587 bits per heavy atom. The zero-order valence-electron chi connectivity index (χ0n) is 33.0. The maximum atomic E-state index is 12.3. The smallest absolute Gasteiger partial charge is 0.394 e. The average Bonchev–Trinajstić information content (AvgIpc) is 3.24. The van der Waals surface area contributed by atoms with Gasteiger partial charge in [-0.2, -0.15) is 8.42 Å². The van der Waals surface area contributed by atoms with Gasteiger partial charge in [0.15, 0.2) is 25.2 Å². The van der Waals surface area contributed by atoms with Crippen molar-refractivity contribution in [3.05, 3.63) is 0 Å². The van der Waals surface area contributed by atoms with Gasteiger partial charge in [-0.1, -0.05) is 0 Å². The Bertz CT molecular complexity index is 1520. The van der Waals surface area contributed by atoms with Crippen LogP contribution in [0.2, 0.25) is 0 Å². The minimum absolute atomic E-state index is 0.824. The molecule has 0 aromatic carbocycles. The van der Waals surface area contributed by atoms with Crippen molar-refractivity contribution in [2.24, 2.45) is 0 Å². The van der Waals surface area contributed by atoms with E-state index in [1.54, 1.807) is 0 Å². The van der Waals surface area contributed by atoms with E-state index in [0.29, 0.717) is 0 Å². The Morgan fingerprint density at radius 3 is 1.62 bits per heavy atom. The van der Waals surface area contributed by atoms with Crippen molar-refractivity contribution in [2.45, 2.75) is 154 Å². The number of hydrogen-bond acceptors (Lipinski definition) is 28. The van der Waals surface area contributed by atoms with Gasteiger partial charge in [-0.05, 0) is 0 Å². The highest BCUT2D eigenvalue weighted by atomic mass is 32.3. The van der Waals surface area contributed by atoms with Crippen molar-refractivity contribution < 1.29 is 142 Å².